The zero-order valence-corrected chi connectivity index (χ0v) is 9.94. The van der Waals surface area contributed by atoms with Crippen LogP contribution in [0.3, 0.4) is 0 Å². The van der Waals surface area contributed by atoms with Crippen LogP contribution in [0.15, 0.2) is 24.3 Å². The van der Waals surface area contributed by atoms with Gasteiger partial charge in [0.25, 0.3) is 0 Å². The molecule has 90 valence electrons. The predicted octanol–water partition coefficient (Wildman–Crippen LogP) is 2.59. The van der Waals surface area contributed by atoms with Crippen molar-refractivity contribution in [3.63, 3.8) is 0 Å². The molecule has 0 saturated heterocycles. The minimum Gasteiger partial charge on any atom is -0.502 e. The Kier molecular flexibility index (Phi) is 4.71. The molecule has 0 aliphatic heterocycles. The summed E-state index contributed by atoms with van der Waals surface area (Å²) >= 11 is 1.17. The predicted molar refractivity (Wildman–Crippen MR) is 66.9 cm³/mol. The Hall–Kier alpha value is -1.82. The molecule has 0 bridgehead atoms. The summed E-state index contributed by atoms with van der Waals surface area (Å²) in [5.41, 5.74) is 0.331. The van der Waals surface area contributed by atoms with Crippen molar-refractivity contribution in [2.24, 2.45) is 0 Å². The van der Waals surface area contributed by atoms with Crippen molar-refractivity contribution in [2.75, 3.05) is 5.75 Å². The van der Waals surface area contributed by atoms with Gasteiger partial charge in [-0.3, -0.25) is 14.9 Å². The first-order valence-electron chi connectivity index (χ1n) is 4.78. The van der Waals surface area contributed by atoms with E-state index in [1.165, 1.54) is 36.9 Å². The zero-order valence-electron chi connectivity index (χ0n) is 9.12. The number of benzene rings is 1. The minimum absolute atomic E-state index is 0.0289. The average molecular weight is 253 g/mol. The van der Waals surface area contributed by atoms with Crippen LogP contribution in [-0.4, -0.2) is 20.9 Å². The number of nitro benzene ring substituents is 1. The monoisotopic (exact) mass is 253 g/mol. The molecule has 0 atom stereocenters. The molecule has 0 aliphatic rings. The van der Waals surface area contributed by atoms with E-state index in [9.17, 15) is 20.0 Å². The molecule has 1 rings (SSSR count). The lowest BCUT2D eigenvalue weighted by molar-refractivity contribution is -0.385. The maximum absolute atomic E-state index is 10.6. The minimum atomic E-state index is -0.644. The summed E-state index contributed by atoms with van der Waals surface area (Å²) in [6, 6.07) is 4.09. The van der Waals surface area contributed by atoms with Gasteiger partial charge in [-0.15, -0.1) is 0 Å². The van der Waals surface area contributed by atoms with E-state index in [1.807, 2.05) is 0 Å². The Morgan fingerprint density at radius 1 is 1.59 bits per heavy atom. The summed E-state index contributed by atoms with van der Waals surface area (Å²) < 4.78 is 0. The summed E-state index contributed by atoms with van der Waals surface area (Å²) in [5, 5.41) is 19.9. The number of thioether (sulfide) groups is 1. The number of phenols is 1. The van der Waals surface area contributed by atoms with Crippen molar-refractivity contribution >= 4 is 28.6 Å². The van der Waals surface area contributed by atoms with Gasteiger partial charge in [-0.25, -0.2) is 0 Å². The second-order valence-corrected chi connectivity index (χ2v) is 4.41. The third-order valence-corrected chi connectivity index (χ3v) is 2.65. The zero-order chi connectivity index (χ0) is 12.8. The molecule has 0 fully saturated rings. The van der Waals surface area contributed by atoms with Crippen LogP contribution in [0, 0.1) is 10.1 Å². The van der Waals surface area contributed by atoms with Crippen molar-refractivity contribution in [2.45, 2.75) is 6.92 Å². The van der Waals surface area contributed by atoms with Gasteiger partial charge in [0.2, 0.25) is 0 Å². The van der Waals surface area contributed by atoms with Crippen molar-refractivity contribution < 1.29 is 14.8 Å². The molecular weight excluding hydrogens is 242 g/mol. The van der Waals surface area contributed by atoms with Crippen LogP contribution in [-0.2, 0) is 4.79 Å². The van der Waals surface area contributed by atoms with Crippen LogP contribution in [0.5, 0.6) is 5.75 Å². The SMILES string of the molecule is CC(=O)SCC=Cc1ccc([N+](=O)[O-])c(O)c1. The molecule has 5 nitrogen and oxygen atoms in total. The molecule has 0 heterocycles. The third-order valence-electron chi connectivity index (χ3n) is 1.89. The summed E-state index contributed by atoms with van der Waals surface area (Å²) in [6.07, 6.45) is 3.45. The van der Waals surface area contributed by atoms with Gasteiger partial charge >= 0.3 is 5.69 Å². The number of hydrogen-bond donors (Lipinski definition) is 1. The Labute approximate surface area is 102 Å². The Bertz CT molecular complexity index is 471. The molecule has 6 heteroatoms. The lowest BCUT2D eigenvalue weighted by Gasteiger charge is -1.97. The molecule has 0 spiro atoms. The van der Waals surface area contributed by atoms with Crippen LogP contribution in [0.25, 0.3) is 6.08 Å². The molecule has 1 N–H and O–H groups in total. The van der Waals surface area contributed by atoms with E-state index in [4.69, 9.17) is 0 Å². The second-order valence-electron chi connectivity index (χ2n) is 3.21. The van der Waals surface area contributed by atoms with E-state index < -0.39 is 4.92 Å². The quantitative estimate of drug-likeness (QED) is 0.659. The van der Waals surface area contributed by atoms with Crippen LogP contribution in [0.1, 0.15) is 12.5 Å². The highest BCUT2D eigenvalue weighted by atomic mass is 32.2. The van der Waals surface area contributed by atoms with Crippen molar-refractivity contribution in [3.8, 4) is 5.75 Å². The summed E-state index contributed by atoms with van der Waals surface area (Å²) in [5.74, 6) is 0.170. The largest absolute Gasteiger partial charge is 0.502 e. The lowest BCUT2D eigenvalue weighted by atomic mass is 10.2. The van der Waals surface area contributed by atoms with E-state index in [0.29, 0.717) is 11.3 Å². The molecule has 0 aliphatic carbocycles. The molecule has 1 aromatic rings. The Morgan fingerprint density at radius 2 is 2.29 bits per heavy atom. The first-order chi connectivity index (χ1) is 8.00. The van der Waals surface area contributed by atoms with Gasteiger partial charge in [0.15, 0.2) is 10.9 Å². The topological polar surface area (TPSA) is 80.4 Å². The fourth-order valence-electron chi connectivity index (χ4n) is 1.15. The number of carbonyl (C=O) groups excluding carboxylic acids is 1. The average Bonchev–Trinajstić information content (AvgIpc) is 2.23. The van der Waals surface area contributed by atoms with Gasteiger partial charge in [0.1, 0.15) is 0 Å². The van der Waals surface area contributed by atoms with Gasteiger partial charge in [-0.1, -0.05) is 23.9 Å². The first kappa shape index (κ1) is 13.2. The molecule has 0 amide bonds. The number of aromatic hydroxyl groups is 1. The number of phenolic OH excluding ortho intramolecular Hbond substituents is 1. The van der Waals surface area contributed by atoms with Crippen LogP contribution >= 0.6 is 11.8 Å². The number of hydrogen-bond acceptors (Lipinski definition) is 5. The molecule has 0 radical (unpaired) electrons. The first-order valence-corrected chi connectivity index (χ1v) is 5.76. The van der Waals surface area contributed by atoms with Crippen LogP contribution in [0.4, 0.5) is 5.69 Å². The number of nitro groups is 1. The van der Waals surface area contributed by atoms with Gasteiger partial charge < -0.3 is 5.11 Å². The number of nitrogens with zero attached hydrogens (tertiary/aromatic N) is 1. The molecule has 1 aromatic carbocycles. The molecular formula is C11H11NO4S. The number of carbonyl (C=O) groups is 1. The summed E-state index contributed by atoms with van der Waals surface area (Å²) in [7, 11) is 0. The van der Waals surface area contributed by atoms with E-state index >= 15 is 0 Å². The normalized spacial score (nSPS) is 10.6. The molecule has 0 saturated carbocycles. The van der Waals surface area contributed by atoms with E-state index in [2.05, 4.69) is 0 Å². The van der Waals surface area contributed by atoms with E-state index in [-0.39, 0.29) is 16.6 Å². The van der Waals surface area contributed by atoms with Gasteiger partial charge in [0.05, 0.1) is 4.92 Å². The highest BCUT2D eigenvalue weighted by molar-refractivity contribution is 8.13. The smallest absolute Gasteiger partial charge is 0.310 e. The third kappa shape index (κ3) is 4.28. The summed E-state index contributed by atoms with van der Waals surface area (Å²) in [6.45, 7) is 1.48. The molecule has 0 aromatic heterocycles. The van der Waals surface area contributed by atoms with Crippen molar-refractivity contribution in [1.29, 1.82) is 0 Å². The van der Waals surface area contributed by atoms with Crippen molar-refractivity contribution in [3.05, 3.63) is 40.0 Å². The van der Waals surface area contributed by atoms with E-state index in [1.54, 1.807) is 12.2 Å². The molecule has 17 heavy (non-hydrogen) atoms. The van der Waals surface area contributed by atoms with Crippen LogP contribution in [0.2, 0.25) is 0 Å². The fraction of sp³-hybridized carbons (Fsp3) is 0.182. The fourth-order valence-corrected chi connectivity index (χ4v) is 1.58. The van der Waals surface area contributed by atoms with Gasteiger partial charge in [-0.05, 0) is 17.7 Å². The maximum Gasteiger partial charge on any atom is 0.310 e. The summed E-state index contributed by atoms with van der Waals surface area (Å²) in [4.78, 5) is 20.5. The lowest BCUT2D eigenvalue weighted by Crippen LogP contribution is -1.88. The van der Waals surface area contributed by atoms with Crippen LogP contribution < -0.4 is 0 Å². The Morgan fingerprint density at radius 3 is 2.82 bits per heavy atom. The maximum atomic E-state index is 10.6. The Balaban J connectivity index is 2.70. The highest BCUT2D eigenvalue weighted by Crippen LogP contribution is 2.26. The van der Waals surface area contributed by atoms with Crippen molar-refractivity contribution in [1.82, 2.24) is 0 Å². The number of rotatable bonds is 4. The highest BCUT2D eigenvalue weighted by Gasteiger charge is 2.11. The molecule has 0 unspecified atom stereocenters. The van der Waals surface area contributed by atoms with Gasteiger partial charge in [0, 0.05) is 18.7 Å². The second kappa shape index (κ2) is 6.05. The van der Waals surface area contributed by atoms with E-state index in [0.717, 1.165) is 0 Å². The van der Waals surface area contributed by atoms with Gasteiger partial charge in [-0.2, -0.15) is 0 Å². The standard InChI is InChI=1S/C11H11NO4S/c1-8(13)17-6-2-3-9-4-5-10(12(15)16)11(14)7-9/h2-5,7,14H,6H2,1H3.